The molecule has 0 aliphatic rings. The summed E-state index contributed by atoms with van der Waals surface area (Å²) in [6, 6.07) is 0. The predicted molar refractivity (Wildman–Crippen MR) is 51.7 cm³/mol. The molecule has 1 nitrogen and oxygen atoms in total. The molecule has 0 aliphatic heterocycles. The highest BCUT2D eigenvalue weighted by atomic mass is 15.0. The third-order valence-corrected chi connectivity index (χ3v) is 1.24. The third-order valence-electron chi connectivity index (χ3n) is 1.24. The van der Waals surface area contributed by atoms with E-state index in [1.54, 1.807) is 0 Å². The minimum absolute atomic E-state index is 0.619. The normalized spacial score (nSPS) is 11.8. The lowest BCUT2D eigenvalue weighted by molar-refractivity contribution is 0.449. The number of hydrogen-bond donors (Lipinski definition) is 0. The predicted octanol–water partition coefficient (Wildman–Crippen LogP) is 2.32. The SMILES string of the molecule is C=C(/C=C\C(C)C)CN(C)C. The van der Waals surface area contributed by atoms with E-state index in [0.29, 0.717) is 5.92 Å². The fourth-order valence-corrected chi connectivity index (χ4v) is 0.787. The molecule has 0 aromatic carbocycles. The van der Waals surface area contributed by atoms with E-state index in [2.05, 4.69) is 37.5 Å². The molecule has 0 N–H and O–H groups in total. The van der Waals surface area contributed by atoms with Gasteiger partial charge in [0.25, 0.3) is 0 Å². The molecule has 0 bridgehead atoms. The van der Waals surface area contributed by atoms with Gasteiger partial charge < -0.3 is 4.90 Å². The van der Waals surface area contributed by atoms with Gasteiger partial charge in [-0.3, -0.25) is 0 Å². The van der Waals surface area contributed by atoms with Gasteiger partial charge in [-0.25, -0.2) is 0 Å². The van der Waals surface area contributed by atoms with Crippen LogP contribution in [0.2, 0.25) is 0 Å². The highest BCUT2D eigenvalue weighted by molar-refractivity contribution is 5.16. The van der Waals surface area contributed by atoms with Crippen LogP contribution >= 0.6 is 0 Å². The Morgan fingerprint density at radius 3 is 2.36 bits per heavy atom. The van der Waals surface area contributed by atoms with Gasteiger partial charge in [-0.15, -0.1) is 0 Å². The van der Waals surface area contributed by atoms with Gasteiger partial charge in [-0.2, -0.15) is 0 Å². The molecule has 0 unspecified atom stereocenters. The third kappa shape index (κ3) is 7.34. The summed E-state index contributed by atoms with van der Waals surface area (Å²) in [5.41, 5.74) is 1.17. The Morgan fingerprint density at radius 2 is 2.00 bits per heavy atom. The molecule has 11 heavy (non-hydrogen) atoms. The molecule has 0 fully saturated rings. The first-order chi connectivity index (χ1) is 5.02. The van der Waals surface area contributed by atoms with Gasteiger partial charge >= 0.3 is 0 Å². The molecule has 64 valence electrons. The highest BCUT2D eigenvalue weighted by Crippen LogP contribution is 1.99. The summed E-state index contributed by atoms with van der Waals surface area (Å²) >= 11 is 0. The lowest BCUT2D eigenvalue weighted by atomic mass is 10.1. The monoisotopic (exact) mass is 153 g/mol. The number of likely N-dealkylation sites (N-methyl/N-ethyl adjacent to an activating group) is 1. The molecule has 0 saturated heterocycles. The summed E-state index contributed by atoms with van der Waals surface area (Å²) in [7, 11) is 4.10. The summed E-state index contributed by atoms with van der Waals surface area (Å²) in [6.45, 7) is 9.22. The summed E-state index contributed by atoms with van der Waals surface area (Å²) in [6.07, 6.45) is 4.27. The molecule has 0 atom stereocenters. The van der Waals surface area contributed by atoms with Crippen LogP contribution in [-0.4, -0.2) is 25.5 Å². The molecule has 0 rings (SSSR count). The molecule has 0 heterocycles. The fraction of sp³-hybridized carbons (Fsp3) is 0.600. The zero-order valence-corrected chi connectivity index (χ0v) is 8.09. The quantitative estimate of drug-likeness (QED) is 0.560. The average molecular weight is 153 g/mol. The smallest absolute Gasteiger partial charge is 0.0221 e. The summed E-state index contributed by atoms with van der Waals surface area (Å²) in [5.74, 6) is 0.619. The zero-order chi connectivity index (χ0) is 8.85. The van der Waals surface area contributed by atoms with Crippen LogP contribution in [0.15, 0.2) is 24.3 Å². The first-order valence-corrected chi connectivity index (χ1v) is 4.03. The Kier molecular flexibility index (Phi) is 4.88. The van der Waals surface area contributed by atoms with Crippen molar-refractivity contribution in [1.82, 2.24) is 4.90 Å². The molecule has 0 aromatic heterocycles. The van der Waals surface area contributed by atoms with Crippen molar-refractivity contribution in [3.8, 4) is 0 Å². The van der Waals surface area contributed by atoms with Gasteiger partial charge in [0.1, 0.15) is 0 Å². The van der Waals surface area contributed by atoms with Gasteiger partial charge in [0.05, 0.1) is 0 Å². The molecule has 0 spiro atoms. The van der Waals surface area contributed by atoms with Crippen LogP contribution < -0.4 is 0 Å². The summed E-state index contributed by atoms with van der Waals surface area (Å²) < 4.78 is 0. The van der Waals surface area contributed by atoms with Crippen molar-refractivity contribution in [3.05, 3.63) is 24.3 Å². The molecule has 1 heteroatoms. The number of allylic oxidation sites excluding steroid dienone is 1. The standard InChI is InChI=1S/C10H19N/c1-9(2)6-7-10(3)8-11(4)5/h6-7,9H,3,8H2,1-2,4-5H3/b7-6-. The van der Waals surface area contributed by atoms with Gasteiger partial charge in [-0.05, 0) is 25.6 Å². The maximum atomic E-state index is 3.94. The van der Waals surface area contributed by atoms with Crippen molar-refractivity contribution in [2.45, 2.75) is 13.8 Å². The second kappa shape index (κ2) is 5.14. The van der Waals surface area contributed by atoms with Crippen LogP contribution in [0, 0.1) is 5.92 Å². The molecular weight excluding hydrogens is 134 g/mol. The van der Waals surface area contributed by atoms with Crippen molar-refractivity contribution < 1.29 is 0 Å². The van der Waals surface area contributed by atoms with E-state index in [4.69, 9.17) is 0 Å². The van der Waals surface area contributed by atoms with E-state index >= 15 is 0 Å². The van der Waals surface area contributed by atoms with Crippen molar-refractivity contribution in [2.75, 3.05) is 20.6 Å². The minimum Gasteiger partial charge on any atom is -0.305 e. The molecule has 0 aliphatic carbocycles. The Morgan fingerprint density at radius 1 is 1.45 bits per heavy atom. The fourth-order valence-electron chi connectivity index (χ4n) is 0.787. The van der Waals surface area contributed by atoms with Crippen molar-refractivity contribution in [3.63, 3.8) is 0 Å². The van der Waals surface area contributed by atoms with Crippen LogP contribution in [0.1, 0.15) is 13.8 Å². The summed E-state index contributed by atoms with van der Waals surface area (Å²) in [5, 5.41) is 0. The minimum atomic E-state index is 0.619. The lowest BCUT2D eigenvalue weighted by Gasteiger charge is -2.08. The van der Waals surface area contributed by atoms with Crippen LogP contribution in [0.4, 0.5) is 0 Å². The first-order valence-electron chi connectivity index (χ1n) is 4.03. The Hall–Kier alpha value is -0.560. The molecule has 0 radical (unpaired) electrons. The van der Waals surface area contributed by atoms with Gasteiger partial charge in [0.2, 0.25) is 0 Å². The lowest BCUT2D eigenvalue weighted by Crippen LogP contribution is -2.13. The van der Waals surface area contributed by atoms with E-state index in [1.807, 2.05) is 14.1 Å². The second-order valence-electron chi connectivity index (χ2n) is 3.50. The van der Waals surface area contributed by atoms with E-state index in [-0.39, 0.29) is 0 Å². The second-order valence-corrected chi connectivity index (χ2v) is 3.50. The average Bonchev–Trinajstić information content (AvgIpc) is 1.82. The van der Waals surface area contributed by atoms with Crippen molar-refractivity contribution in [2.24, 2.45) is 5.92 Å². The Bertz CT molecular complexity index is 143. The first kappa shape index (κ1) is 10.4. The Balaban J connectivity index is 3.69. The van der Waals surface area contributed by atoms with Gasteiger partial charge in [0, 0.05) is 6.54 Å². The van der Waals surface area contributed by atoms with E-state index < -0.39 is 0 Å². The highest BCUT2D eigenvalue weighted by Gasteiger charge is 1.91. The van der Waals surface area contributed by atoms with Crippen molar-refractivity contribution >= 4 is 0 Å². The van der Waals surface area contributed by atoms with Crippen molar-refractivity contribution in [1.29, 1.82) is 0 Å². The van der Waals surface area contributed by atoms with Crippen LogP contribution in [-0.2, 0) is 0 Å². The number of hydrogen-bond acceptors (Lipinski definition) is 1. The van der Waals surface area contributed by atoms with Crippen LogP contribution in [0.5, 0.6) is 0 Å². The molecular formula is C10H19N. The molecule has 0 saturated carbocycles. The maximum Gasteiger partial charge on any atom is 0.0221 e. The molecule has 0 aromatic rings. The van der Waals surface area contributed by atoms with Gasteiger partial charge in [0.15, 0.2) is 0 Å². The number of rotatable bonds is 4. The van der Waals surface area contributed by atoms with E-state index in [1.165, 1.54) is 5.57 Å². The van der Waals surface area contributed by atoms with Crippen LogP contribution in [0.25, 0.3) is 0 Å². The van der Waals surface area contributed by atoms with Crippen LogP contribution in [0.3, 0.4) is 0 Å². The zero-order valence-electron chi connectivity index (χ0n) is 8.09. The Labute approximate surface area is 70.4 Å². The van der Waals surface area contributed by atoms with Gasteiger partial charge in [-0.1, -0.05) is 32.6 Å². The largest absolute Gasteiger partial charge is 0.305 e. The maximum absolute atomic E-state index is 3.94. The van der Waals surface area contributed by atoms with E-state index in [0.717, 1.165) is 6.54 Å². The topological polar surface area (TPSA) is 3.24 Å². The van der Waals surface area contributed by atoms with E-state index in [9.17, 15) is 0 Å². The number of nitrogens with zero attached hydrogens (tertiary/aromatic N) is 1. The molecule has 0 amide bonds. The summed E-state index contributed by atoms with van der Waals surface area (Å²) in [4.78, 5) is 2.12.